The summed E-state index contributed by atoms with van der Waals surface area (Å²) in [6.45, 7) is 15.7. The molecule has 14 nitrogen and oxygen atoms in total. The Morgan fingerprint density at radius 1 is 1.00 bits per heavy atom. The number of amides is 2. The summed E-state index contributed by atoms with van der Waals surface area (Å²) in [5.41, 5.74) is -2.36. The van der Waals surface area contributed by atoms with Gasteiger partial charge in [-0.1, -0.05) is 0 Å². The summed E-state index contributed by atoms with van der Waals surface area (Å²) in [5.74, 6) is -1.91. The van der Waals surface area contributed by atoms with Crippen molar-refractivity contribution in [1.29, 1.82) is 0 Å². The van der Waals surface area contributed by atoms with E-state index in [1.807, 2.05) is 0 Å². The Morgan fingerprint density at radius 2 is 1.63 bits per heavy atom. The van der Waals surface area contributed by atoms with Gasteiger partial charge in [0, 0.05) is 0 Å². The Labute approximate surface area is 237 Å². The number of hydrogen-bond acceptors (Lipinski definition) is 12. The van der Waals surface area contributed by atoms with Gasteiger partial charge in [-0.05, 0) is 68.7 Å². The van der Waals surface area contributed by atoms with Crippen molar-refractivity contribution in [2.24, 2.45) is 5.92 Å². The predicted molar refractivity (Wildman–Crippen MR) is 142 cm³/mol. The Kier molecular flexibility index (Phi) is 6.82. The Balaban J connectivity index is 1.54. The predicted octanol–water partition coefficient (Wildman–Crippen LogP) is 3.87. The summed E-state index contributed by atoms with van der Waals surface area (Å²) in [4.78, 5) is 52.9. The summed E-state index contributed by atoms with van der Waals surface area (Å²) >= 11 is 0. The van der Waals surface area contributed by atoms with Crippen molar-refractivity contribution < 1.29 is 42.8 Å². The summed E-state index contributed by atoms with van der Waals surface area (Å²) in [6.07, 6.45) is -0.824. The molecule has 4 heterocycles. The average Bonchev–Trinajstić information content (AvgIpc) is 3.06. The van der Waals surface area contributed by atoms with Crippen molar-refractivity contribution in [3.05, 3.63) is 12.7 Å². The van der Waals surface area contributed by atoms with E-state index in [1.165, 1.54) is 12.7 Å². The SMILES string of the molecule is CCOC(=O)[C@@H]1C[C@]12OC(n1cnc3c(N(C(=O)OC(C)(C)C)C(=O)OC(C)(C)C)ncnc31)C1OC(C)(C)O[C@H]12. The molecule has 1 aliphatic carbocycles. The van der Waals surface area contributed by atoms with Gasteiger partial charge in [-0.25, -0.2) is 24.5 Å². The molecule has 41 heavy (non-hydrogen) atoms. The molecule has 2 amide bonds. The highest BCUT2D eigenvalue weighted by atomic mass is 16.8. The minimum Gasteiger partial charge on any atom is -0.466 e. The van der Waals surface area contributed by atoms with Crippen molar-refractivity contribution in [2.45, 2.75) is 110 Å². The first-order chi connectivity index (χ1) is 19.0. The number of imide groups is 1. The van der Waals surface area contributed by atoms with E-state index in [0.29, 0.717) is 11.3 Å². The topological polar surface area (TPSA) is 153 Å². The second kappa shape index (κ2) is 9.60. The van der Waals surface area contributed by atoms with E-state index in [-0.39, 0.29) is 29.6 Å². The Bertz CT molecular complexity index is 1350. The number of esters is 1. The number of rotatable bonds is 4. The van der Waals surface area contributed by atoms with Crippen LogP contribution in [-0.4, -0.2) is 79.1 Å². The molecule has 2 aromatic heterocycles. The minimum atomic E-state index is -0.984. The fraction of sp³-hybridized carbons (Fsp3) is 0.704. The summed E-state index contributed by atoms with van der Waals surface area (Å²) in [6, 6.07) is 0. The maximum Gasteiger partial charge on any atom is 0.425 e. The maximum atomic E-state index is 13.3. The normalized spacial score (nSPS) is 28.4. The number of ether oxygens (including phenoxy) is 6. The van der Waals surface area contributed by atoms with E-state index in [2.05, 4.69) is 15.0 Å². The van der Waals surface area contributed by atoms with Crippen LogP contribution in [0.25, 0.3) is 11.2 Å². The molecule has 5 rings (SSSR count). The third-order valence-electron chi connectivity index (χ3n) is 6.73. The van der Waals surface area contributed by atoms with Crippen LogP contribution < -0.4 is 4.90 Å². The number of nitrogens with zero attached hydrogens (tertiary/aromatic N) is 5. The molecule has 14 heteroatoms. The molecule has 2 unspecified atom stereocenters. The van der Waals surface area contributed by atoms with Crippen molar-refractivity contribution >= 4 is 35.1 Å². The van der Waals surface area contributed by atoms with Gasteiger partial charge in [0.05, 0.1) is 18.9 Å². The zero-order valence-corrected chi connectivity index (χ0v) is 24.8. The van der Waals surface area contributed by atoms with Gasteiger partial charge in [-0.3, -0.25) is 9.36 Å². The highest BCUT2D eigenvalue weighted by Gasteiger charge is 2.76. The molecule has 2 aliphatic heterocycles. The standard InChI is InChI=1S/C27H37N5O9/c1-10-36-21(33)14-11-27(14)17-16(37-26(8,9)38-17)20(39-27)31-13-30-15-18(31)28-12-29-19(15)32(22(34)40-24(2,3)4)23(35)41-25(5,6)7/h12-14,16-17,20H,10-11H2,1-9H3/t14-,16?,17+,20?,27-/m0/s1. The van der Waals surface area contributed by atoms with Crippen LogP contribution in [0, 0.1) is 5.92 Å². The molecule has 2 aromatic rings. The van der Waals surface area contributed by atoms with Gasteiger partial charge in [-0.15, -0.1) is 0 Å². The molecular weight excluding hydrogens is 538 g/mol. The lowest BCUT2D eigenvalue weighted by molar-refractivity contribution is -0.205. The van der Waals surface area contributed by atoms with E-state index >= 15 is 0 Å². The fourth-order valence-electron chi connectivity index (χ4n) is 5.23. The van der Waals surface area contributed by atoms with Gasteiger partial charge in [-0.2, -0.15) is 4.90 Å². The molecule has 0 aromatic carbocycles. The van der Waals surface area contributed by atoms with Crippen LogP contribution in [0.15, 0.2) is 12.7 Å². The van der Waals surface area contributed by atoms with Gasteiger partial charge in [0.25, 0.3) is 0 Å². The van der Waals surface area contributed by atoms with E-state index < -0.39 is 59.1 Å². The summed E-state index contributed by atoms with van der Waals surface area (Å²) < 4.78 is 36.8. The number of carbonyl (C=O) groups is 3. The van der Waals surface area contributed by atoms with Crippen LogP contribution in [0.3, 0.4) is 0 Å². The molecule has 1 saturated carbocycles. The average molecular weight is 576 g/mol. The molecule has 224 valence electrons. The van der Waals surface area contributed by atoms with E-state index in [4.69, 9.17) is 28.4 Å². The molecule has 1 spiro atoms. The molecule has 5 atom stereocenters. The highest BCUT2D eigenvalue weighted by Crippen LogP contribution is 2.62. The Hall–Kier alpha value is -3.36. The molecule has 2 saturated heterocycles. The zero-order valence-electron chi connectivity index (χ0n) is 24.8. The summed E-state index contributed by atoms with van der Waals surface area (Å²) in [5, 5.41) is 0. The third-order valence-corrected chi connectivity index (χ3v) is 6.73. The second-order valence-electron chi connectivity index (χ2n) is 12.8. The number of aromatic nitrogens is 4. The second-order valence-corrected chi connectivity index (χ2v) is 12.8. The van der Waals surface area contributed by atoms with Gasteiger partial charge >= 0.3 is 18.2 Å². The molecule has 0 N–H and O–H groups in total. The number of imidazole rings is 1. The summed E-state index contributed by atoms with van der Waals surface area (Å²) in [7, 11) is 0. The minimum absolute atomic E-state index is 0.124. The first-order valence-corrected chi connectivity index (χ1v) is 13.6. The molecule has 3 fully saturated rings. The van der Waals surface area contributed by atoms with Crippen LogP contribution in [0.5, 0.6) is 0 Å². The molecular formula is C27H37N5O9. The lowest BCUT2D eigenvalue weighted by Gasteiger charge is -2.28. The van der Waals surface area contributed by atoms with Gasteiger partial charge in [0.1, 0.15) is 35.3 Å². The Morgan fingerprint density at radius 3 is 2.22 bits per heavy atom. The van der Waals surface area contributed by atoms with Crippen molar-refractivity contribution in [1.82, 2.24) is 19.5 Å². The lowest BCUT2D eigenvalue weighted by Crippen LogP contribution is -2.44. The maximum absolute atomic E-state index is 13.3. The molecule has 3 aliphatic rings. The number of carbonyl (C=O) groups excluding carboxylic acids is 3. The zero-order chi connectivity index (χ0) is 30.1. The van der Waals surface area contributed by atoms with E-state index in [0.717, 1.165) is 0 Å². The first kappa shape index (κ1) is 29.1. The van der Waals surface area contributed by atoms with E-state index in [1.54, 1.807) is 66.9 Å². The largest absolute Gasteiger partial charge is 0.466 e. The smallest absolute Gasteiger partial charge is 0.425 e. The lowest BCUT2D eigenvalue weighted by atomic mass is 10.1. The highest BCUT2D eigenvalue weighted by molar-refractivity contribution is 6.12. The number of fused-ring (bicyclic) bond motifs is 3. The molecule has 0 radical (unpaired) electrons. The van der Waals surface area contributed by atoms with Crippen molar-refractivity contribution in [3.8, 4) is 0 Å². The van der Waals surface area contributed by atoms with Gasteiger partial charge in [0.2, 0.25) is 0 Å². The van der Waals surface area contributed by atoms with Crippen LogP contribution in [0.4, 0.5) is 15.4 Å². The molecule has 0 bridgehead atoms. The van der Waals surface area contributed by atoms with Crippen LogP contribution in [0.1, 0.15) is 75.0 Å². The third kappa shape index (κ3) is 5.35. The quantitative estimate of drug-likeness (QED) is 0.384. The number of hydrogen-bond donors (Lipinski definition) is 0. The van der Waals surface area contributed by atoms with Gasteiger partial charge < -0.3 is 28.4 Å². The van der Waals surface area contributed by atoms with Crippen LogP contribution in [-0.2, 0) is 33.2 Å². The fourth-order valence-corrected chi connectivity index (χ4v) is 5.23. The van der Waals surface area contributed by atoms with Crippen LogP contribution >= 0.6 is 0 Å². The van der Waals surface area contributed by atoms with Crippen molar-refractivity contribution in [2.75, 3.05) is 11.5 Å². The van der Waals surface area contributed by atoms with Gasteiger partial charge in [0.15, 0.2) is 29.0 Å². The van der Waals surface area contributed by atoms with Crippen molar-refractivity contribution in [3.63, 3.8) is 0 Å². The number of anilines is 1. The van der Waals surface area contributed by atoms with E-state index in [9.17, 15) is 14.4 Å². The first-order valence-electron chi connectivity index (χ1n) is 13.6. The monoisotopic (exact) mass is 575 g/mol. The van der Waals surface area contributed by atoms with Crippen LogP contribution in [0.2, 0.25) is 0 Å².